The van der Waals surface area contributed by atoms with Gasteiger partial charge in [0.1, 0.15) is 6.61 Å². The number of non-ortho nitro benzene ring substituents is 1. The first-order valence-corrected chi connectivity index (χ1v) is 8.57. The number of hydrogen-bond donors (Lipinski definition) is 1. The van der Waals surface area contributed by atoms with Gasteiger partial charge in [0.05, 0.1) is 16.7 Å². The van der Waals surface area contributed by atoms with Crippen molar-refractivity contribution in [2.45, 2.75) is 6.61 Å². The molecule has 0 bridgehead atoms. The summed E-state index contributed by atoms with van der Waals surface area (Å²) in [4.78, 5) is 29.5. The first kappa shape index (κ1) is 20.9. The largest absolute Gasteiger partial charge is 0.391 e. The first-order chi connectivity index (χ1) is 13.3. The zero-order chi connectivity index (χ0) is 20.5. The summed E-state index contributed by atoms with van der Waals surface area (Å²) in [6.45, 7) is 0.114. The molecule has 0 atom stereocenters. The lowest BCUT2D eigenvalue weighted by Gasteiger charge is -2.09. The molecule has 0 spiro atoms. The van der Waals surface area contributed by atoms with Crippen molar-refractivity contribution < 1.29 is 14.6 Å². The molecule has 0 aliphatic heterocycles. The minimum Gasteiger partial charge on any atom is -0.391 e. The molecular weight excluding hydrogens is 384 g/mol. The Morgan fingerprint density at radius 1 is 1.21 bits per heavy atom. The van der Waals surface area contributed by atoms with Gasteiger partial charge in [-0.2, -0.15) is 0 Å². The Labute approximate surface area is 167 Å². The molecule has 2 aromatic carbocycles. The van der Waals surface area contributed by atoms with Crippen molar-refractivity contribution in [1.82, 2.24) is 4.90 Å². The number of nitro benzene ring substituents is 1. The van der Waals surface area contributed by atoms with E-state index in [1.165, 1.54) is 18.3 Å². The average Bonchev–Trinajstić information content (AvgIpc) is 2.66. The number of nitrogens with zero attached hydrogens (tertiary/aromatic N) is 3. The Hall–Kier alpha value is -3.39. The van der Waals surface area contributed by atoms with Gasteiger partial charge >= 0.3 is 0 Å². The number of amides is 1. The van der Waals surface area contributed by atoms with Crippen molar-refractivity contribution in [2.24, 2.45) is 5.16 Å². The van der Waals surface area contributed by atoms with Crippen molar-refractivity contribution >= 4 is 35.1 Å². The lowest BCUT2D eigenvalue weighted by atomic mass is 10.2. The molecule has 2 rings (SSSR count). The zero-order valence-electron chi connectivity index (χ0n) is 15.3. The van der Waals surface area contributed by atoms with E-state index in [0.717, 1.165) is 0 Å². The molecule has 0 aliphatic rings. The summed E-state index contributed by atoms with van der Waals surface area (Å²) in [6, 6.07) is 12.7. The maximum atomic E-state index is 12.4. The number of carbonyl (C=O) groups excluding carboxylic acids is 1. The molecule has 9 heteroatoms. The van der Waals surface area contributed by atoms with Crippen LogP contribution in [0.4, 0.5) is 11.4 Å². The Bertz CT molecular complexity index is 878. The van der Waals surface area contributed by atoms with Crippen molar-refractivity contribution in [3.63, 3.8) is 0 Å². The highest BCUT2D eigenvalue weighted by Gasteiger charge is 2.09. The van der Waals surface area contributed by atoms with Gasteiger partial charge in [0.25, 0.3) is 11.6 Å². The smallest absolute Gasteiger partial charge is 0.269 e. The standard InChI is InChI=1S/C19H19ClN4O4/c1-23(2)12-15(19(25)22-17-7-5-16(20)6-8-17)11-21-28-13-14-3-9-18(10-4-14)24(26)27/h3-12H,13H2,1-2H3,(H,22,25)/b15-12+,21-11?. The summed E-state index contributed by atoms with van der Waals surface area (Å²) in [7, 11) is 3.56. The van der Waals surface area contributed by atoms with Crippen LogP contribution < -0.4 is 5.32 Å². The summed E-state index contributed by atoms with van der Waals surface area (Å²) in [5, 5.41) is 17.8. The minimum absolute atomic E-state index is 0.00215. The molecule has 0 fully saturated rings. The number of benzene rings is 2. The molecule has 28 heavy (non-hydrogen) atoms. The number of halogens is 1. The zero-order valence-corrected chi connectivity index (χ0v) is 16.1. The van der Waals surface area contributed by atoms with Crippen LogP contribution in [0.2, 0.25) is 5.02 Å². The number of anilines is 1. The normalized spacial score (nSPS) is 11.3. The molecule has 1 amide bonds. The van der Waals surface area contributed by atoms with Crippen molar-refractivity contribution in [2.75, 3.05) is 19.4 Å². The van der Waals surface area contributed by atoms with Crippen molar-refractivity contribution in [3.8, 4) is 0 Å². The maximum absolute atomic E-state index is 12.4. The number of oxime groups is 1. The van der Waals surface area contributed by atoms with E-state index in [4.69, 9.17) is 16.4 Å². The van der Waals surface area contributed by atoms with E-state index in [1.54, 1.807) is 61.6 Å². The van der Waals surface area contributed by atoms with E-state index in [2.05, 4.69) is 10.5 Å². The van der Waals surface area contributed by atoms with E-state index in [1.807, 2.05) is 0 Å². The lowest BCUT2D eigenvalue weighted by molar-refractivity contribution is -0.384. The van der Waals surface area contributed by atoms with Crippen LogP contribution in [-0.2, 0) is 16.2 Å². The second-order valence-electron chi connectivity index (χ2n) is 5.94. The third-order valence-electron chi connectivity index (χ3n) is 3.41. The van der Waals surface area contributed by atoms with Crippen molar-refractivity contribution in [1.29, 1.82) is 0 Å². The van der Waals surface area contributed by atoms with Crippen molar-refractivity contribution in [3.05, 3.63) is 81.0 Å². The molecule has 0 unspecified atom stereocenters. The Kier molecular flexibility index (Phi) is 7.53. The van der Waals surface area contributed by atoms with E-state index in [9.17, 15) is 14.9 Å². The third-order valence-corrected chi connectivity index (χ3v) is 3.66. The molecule has 0 saturated carbocycles. The third kappa shape index (κ3) is 6.73. The maximum Gasteiger partial charge on any atom is 0.269 e. The Balaban J connectivity index is 1.98. The van der Waals surface area contributed by atoms with E-state index >= 15 is 0 Å². The first-order valence-electron chi connectivity index (χ1n) is 8.19. The summed E-state index contributed by atoms with van der Waals surface area (Å²) < 4.78 is 0. The molecule has 0 heterocycles. The number of carbonyl (C=O) groups is 1. The highest BCUT2D eigenvalue weighted by atomic mass is 35.5. The Morgan fingerprint density at radius 3 is 2.43 bits per heavy atom. The highest BCUT2D eigenvalue weighted by molar-refractivity contribution is 6.30. The van der Waals surface area contributed by atoms with Gasteiger partial charge in [-0.25, -0.2) is 0 Å². The predicted octanol–water partition coefficient (Wildman–Crippen LogP) is 3.83. The van der Waals surface area contributed by atoms with Crippen LogP contribution in [0.1, 0.15) is 5.56 Å². The van der Waals surface area contributed by atoms with Gasteiger partial charge in [-0.3, -0.25) is 14.9 Å². The summed E-state index contributed by atoms with van der Waals surface area (Å²) in [5.41, 5.74) is 1.59. The van der Waals surface area contributed by atoms with Gasteiger partial charge in [0, 0.05) is 43.1 Å². The van der Waals surface area contributed by atoms with Gasteiger partial charge in [-0.1, -0.05) is 16.8 Å². The Morgan fingerprint density at radius 2 is 1.86 bits per heavy atom. The van der Waals surface area contributed by atoms with Gasteiger partial charge in [0.15, 0.2) is 0 Å². The SMILES string of the molecule is CN(C)/C=C(\C=NOCc1ccc([N+](=O)[O-])cc1)C(=O)Nc1ccc(Cl)cc1. The quantitative estimate of drug-likeness (QED) is 0.313. The van der Waals surface area contributed by atoms with Crippen LogP contribution >= 0.6 is 11.6 Å². The van der Waals surface area contributed by atoms with Crippen LogP contribution in [0.25, 0.3) is 0 Å². The molecule has 0 aliphatic carbocycles. The fourth-order valence-electron chi connectivity index (χ4n) is 2.08. The number of hydrogen-bond acceptors (Lipinski definition) is 6. The van der Waals surface area contributed by atoms with E-state index < -0.39 is 4.92 Å². The molecule has 1 N–H and O–H groups in total. The van der Waals surface area contributed by atoms with E-state index in [-0.39, 0.29) is 23.8 Å². The average molecular weight is 403 g/mol. The van der Waals surface area contributed by atoms with Crippen LogP contribution in [0.5, 0.6) is 0 Å². The minimum atomic E-state index is -0.472. The number of rotatable bonds is 8. The molecule has 0 aromatic heterocycles. The predicted molar refractivity (Wildman–Crippen MR) is 108 cm³/mol. The monoisotopic (exact) mass is 402 g/mol. The van der Waals surface area contributed by atoms with E-state index in [0.29, 0.717) is 16.3 Å². The van der Waals surface area contributed by atoms with Crippen LogP contribution in [0.15, 0.2) is 65.5 Å². The van der Waals surface area contributed by atoms with Gasteiger partial charge in [-0.05, 0) is 42.0 Å². The van der Waals surface area contributed by atoms with Gasteiger partial charge in [0.2, 0.25) is 0 Å². The fourth-order valence-corrected chi connectivity index (χ4v) is 2.21. The van der Waals surface area contributed by atoms with Crippen LogP contribution in [0.3, 0.4) is 0 Å². The van der Waals surface area contributed by atoms with Gasteiger partial charge < -0.3 is 15.1 Å². The topological polar surface area (TPSA) is 97.1 Å². The molecule has 2 aromatic rings. The summed E-state index contributed by atoms with van der Waals surface area (Å²) in [6.07, 6.45) is 2.90. The highest BCUT2D eigenvalue weighted by Crippen LogP contribution is 2.14. The second-order valence-corrected chi connectivity index (χ2v) is 6.38. The molecule has 0 radical (unpaired) electrons. The van der Waals surface area contributed by atoms with Crippen LogP contribution in [-0.4, -0.2) is 36.0 Å². The molecule has 8 nitrogen and oxygen atoms in total. The summed E-state index contributed by atoms with van der Waals surface area (Å²) >= 11 is 5.84. The van der Waals surface area contributed by atoms with Gasteiger partial charge in [-0.15, -0.1) is 0 Å². The fraction of sp³-hybridized carbons (Fsp3) is 0.158. The summed E-state index contributed by atoms with van der Waals surface area (Å²) in [5.74, 6) is -0.362. The molecule has 0 saturated heterocycles. The molecular formula is C19H19ClN4O4. The second kappa shape index (κ2) is 10.1. The molecule has 146 valence electrons. The van der Waals surface area contributed by atoms with Crippen LogP contribution in [0, 0.1) is 10.1 Å². The number of nitrogens with one attached hydrogen (secondary N) is 1. The lowest BCUT2D eigenvalue weighted by Crippen LogP contribution is -2.18. The number of nitro groups is 1.